The number of nitrogens with zero attached hydrogens (tertiary/aromatic N) is 2. The van der Waals surface area contributed by atoms with Crippen LogP contribution in [0.5, 0.6) is 0 Å². The van der Waals surface area contributed by atoms with Gasteiger partial charge in [0.15, 0.2) is 0 Å². The number of rotatable bonds is 4. The maximum atomic E-state index is 12.8. The van der Waals surface area contributed by atoms with Gasteiger partial charge in [0.25, 0.3) is 0 Å². The molecule has 1 fully saturated rings. The van der Waals surface area contributed by atoms with E-state index in [0.29, 0.717) is 12.1 Å². The Balaban J connectivity index is 0.00000264. The molecular weight excluding hydrogens is 345 g/mol. The van der Waals surface area contributed by atoms with Gasteiger partial charge in [-0.2, -0.15) is 0 Å². The van der Waals surface area contributed by atoms with Gasteiger partial charge in [-0.25, -0.2) is 0 Å². The predicted octanol–water partition coefficient (Wildman–Crippen LogP) is 3.11. The van der Waals surface area contributed by atoms with Gasteiger partial charge in [-0.3, -0.25) is 4.79 Å². The first-order valence-electron chi connectivity index (χ1n) is 8.19. The maximum absolute atomic E-state index is 12.8. The minimum atomic E-state index is -0.250. The first-order valence-corrected chi connectivity index (χ1v) is 8.19. The molecule has 0 saturated carbocycles. The predicted molar refractivity (Wildman–Crippen MR) is 105 cm³/mol. The van der Waals surface area contributed by atoms with Gasteiger partial charge >= 0.3 is 0 Å². The molecule has 0 radical (unpaired) electrons. The Bertz CT molecular complexity index is 500. The number of piperidine rings is 1. The fraction of sp³-hybridized carbons (Fsp3) is 0.611. The number of nitrogens with two attached hydrogens (primary N) is 1. The molecule has 1 aromatic rings. The Kier molecular flexibility index (Phi) is 9.90. The van der Waals surface area contributed by atoms with Crippen molar-refractivity contribution in [3.05, 3.63) is 35.9 Å². The van der Waals surface area contributed by atoms with Gasteiger partial charge in [0, 0.05) is 31.7 Å². The second-order valence-electron chi connectivity index (χ2n) is 6.68. The summed E-state index contributed by atoms with van der Waals surface area (Å²) in [6.45, 7) is 5.21. The van der Waals surface area contributed by atoms with Crippen molar-refractivity contribution in [1.82, 2.24) is 9.80 Å². The number of hydrogen-bond acceptors (Lipinski definition) is 3. The van der Waals surface area contributed by atoms with Gasteiger partial charge in [0.05, 0.1) is 5.92 Å². The first kappa shape index (κ1) is 23.2. The number of carbonyl (C=O) groups is 1. The second-order valence-corrected chi connectivity index (χ2v) is 6.68. The fourth-order valence-corrected chi connectivity index (χ4v) is 3.24. The summed E-state index contributed by atoms with van der Waals surface area (Å²) in [6.07, 6.45) is 2.07. The van der Waals surface area contributed by atoms with Crippen LogP contribution >= 0.6 is 24.8 Å². The molecule has 4 atom stereocenters. The second kappa shape index (κ2) is 10.2. The van der Waals surface area contributed by atoms with Crippen molar-refractivity contribution in [2.24, 2.45) is 11.7 Å². The smallest absolute Gasteiger partial charge is 0.227 e. The molecule has 138 valence electrons. The zero-order valence-corrected chi connectivity index (χ0v) is 16.6. The van der Waals surface area contributed by atoms with Gasteiger partial charge in [-0.15, -0.1) is 24.8 Å². The largest absolute Gasteiger partial charge is 0.342 e. The lowest BCUT2D eigenvalue weighted by Gasteiger charge is -2.40. The van der Waals surface area contributed by atoms with Crippen molar-refractivity contribution in [3.8, 4) is 0 Å². The van der Waals surface area contributed by atoms with Gasteiger partial charge in [-0.05, 0) is 32.4 Å². The van der Waals surface area contributed by atoms with Crippen LogP contribution in [-0.2, 0) is 4.79 Å². The number of amides is 1. The minimum absolute atomic E-state index is 0. The molecule has 24 heavy (non-hydrogen) atoms. The standard InChI is InChI=1S/C18H29N3O.2ClH/c1-13-12-16(10-11-20(13)3)21(4)18(22)14(2)17(19)15-8-6-5-7-9-15;;/h5-9,13-14,16-17H,10-12,19H2,1-4H3;2*1H. The van der Waals surface area contributed by atoms with Crippen molar-refractivity contribution >= 4 is 30.7 Å². The summed E-state index contributed by atoms with van der Waals surface area (Å²) in [5, 5.41) is 0. The molecule has 1 heterocycles. The quantitative estimate of drug-likeness (QED) is 0.879. The topological polar surface area (TPSA) is 49.6 Å². The summed E-state index contributed by atoms with van der Waals surface area (Å²) < 4.78 is 0. The van der Waals surface area contributed by atoms with Crippen LogP contribution in [0.1, 0.15) is 38.3 Å². The number of halogens is 2. The van der Waals surface area contributed by atoms with E-state index in [1.54, 1.807) is 0 Å². The van der Waals surface area contributed by atoms with Gasteiger partial charge in [-0.1, -0.05) is 37.3 Å². The van der Waals surface area contributed by atoms with Crippen molar-refractivity contribution in [3.63, 3.8) is 0 Å². The molecule has 4 nitrogen and oxygen atoms in total. The summed E-state index contributed by atoms with van der Waals surface area (Å²) in [6, 6.07) is 10.5. The summed E-state index contributed by atoms with van der Waals surface area (Å²) >= 11 is 0. The zero-order chi connectivity index (χ0) is 16.3. The molecule has 2 N–H and O–H groups in total. The normalized spacial score (nSPS) is 23.4. The van der Waals surface area contributed by atoms with Crippen LogP contribution in [0, 0.1) is 5.92 Å². The number of hydrogen-bond donors (Lipinski definition) is 1. The average Bonchev–Trinajstić information content (AvgIpc) is 2.55. The van der Waals surface area contributed by atoms with Crippen LogP contribution in [-0.4, -0.2) is 48.4 Å². The third-order valence-electron chi connectivity index (χ3n) is 5.19. The molecule has 2 rings (SSSR count). The molecule has 0 spiro atoms. The maximum Gasteiger partial charge on any atom is 0.227 e. The highest BCUT2D eigenvalue weighted by atomic mass is 35.5. The zero-order valence-electron chi connectivity index (χ0n) is 15.0. The van der Waals surface area contributed by atoms with Gasteiger partial charge < -0.3 is 15.5 Å². The van der Waals surface area contributed by atoms with Crippen molar-refractivity contribution in [2.75, 3.05) is 20.6 Å². The highest BCUT2D eigenvalue weighted by Crippen LogP contribution is 2.25. The van der Waals surface area contributed by atoms with E-state index in [4.69, 9.17) is 5.73 Å². The van der Waals surface area contributed by atoms with Crippen LogP contribution in [0.4, 0.5) is 0 Å². The lowest BCUT2D eigenvalue weighted by atomic mass is 9.92. The average molecular weight is 376 g/mol. The molecule has 0 aliphatic carbocycles. The Morgan fingerprint density at radius 1 is 1.29 bits per heavy atom. The van der Waals surface area contributed by atoms with Crippen molar-refractivity contribution in [2.45, 2.75) is 44.8 Å². The van der Waals surface area contributed by atoms with Crippen LogP contribution < -0.4 is 5.73 Å². The third kappa shape index (κ3) is 5.35. The van der Waals surface area contributed by atoms with E-state index in [1.807, 2.05) is 49.2 Å². The SMILES string of the molecule is CC(C(=O)N(C)C1CCN(C)C(C)C1)C(N)c1ccccc1.Cl.Cl. The Morgan fingerprint density at radius 3 is 2.42 bits per heavy atom. The summed E-state index contributed by atoms with van der Waals surface area (Å²) in [4.78, 5) is 17.1. The van der Waals surface area contributed by atoms with Crippen LogP contribution in [0.2, 0.25) is 0 Å². The highest BCUT2D eigenvalue weighted by molar-refractivity contribution is 5.85. The Hall–Kier alpha value is -0.810. The number of likely N-dealkylation sites (tertiary alicyclic amines) is 1. The van der Waals surface area contributed by atoms with E-state index in [2.05, 4.69) is 18.9 Å². The fourth-order valence-electron chi connectivity index (χ4n) is 3.24. The lowest BCUT2D eigenvalue weighted by Crippen LogP contribution is -2.50. The molecule has 0 aromatic heterocycles. The molecular formula is C18H31Cl2N3O. The minimum Gasteiger partial charge on any atom is -0.342 e. The number of benzene rings is 1. The van der Waals surface area contributed by atoms with E-state index < -0.39 is 0 Å². The molecule has 0 bridgehead atoms. The van der Waals surface area contributed by atoms with E-state index in [9.17, 15) is 4.79 Å². The molecule has 1 aliphatic rings. The molecule has 1 aliphatic heterocycles. The van der Waals surface area contributed by atoms with Gasteiger partial charge in [0.1, 0.15) is 0 Å². The van der Waals surface area contributed by atoms with Crippen molar-refractivity contribution < 1.29 is 4.79 Å². The van der Waals surface area contributed by atoms with E-state index >= 15 is 0 Å². The molecule has 1 saturated heterocycles. The van der Waals surface area contributed by atoms with E-state index in [-0.39, 0.29) is 42.7 Å². The van der Waals surface area contributed by atoms with Crippen LogP contribution in [0.25, 0.3) is 0 Å². The molecule has 4 unspecified atom stereocenters. The summed E-state index contributed by atoms with van der Waals surface area (Å²) in [7, 11) is 4.08. The summed E-state index contributed by atoms with van der Waals surface area (Å²) in [5.41, 5.74) is 7.32. The van der Waals surface area contributed by atoms with Crippen molar-refractivity contribution in [1.29, 1.82) is 0 Å². The molecule has 1 amide bonds. The Labute approximate surface area is 158 Å². The molecule has 1 aromatic carbocycles. The summed E-state index contributed by atoms with van der Waals surface area (Å²) in [5.74, 6) is -0.0551. The lowest BCUT2D eigenvalue weighted by molar-refractivity contribution is -0.137. The highest BCUT2D eigenvalue weighted by Gasteiger charge is 2.32. The molecule has 6 heteroatoms. The van der Waals surface area contributed by atoms with Crippen LogP contribution in [0.3, 0.4) is 0 Å². The Morgan fingerprint density at radius 2 is 1.88 bits per heavy atom. The number of carbonyl (C=O) groups excluding carboxylic acids is 1. The first-order chi connectivity index (χ1) is 10.4. The van der Waals surface area contributed by atoms with Crippen LogP contribution in [0.15, 0.2) is 30.3 Å². The third-order valence-corrected chi connectivity index (χ3v) is 5.19. The monoisotopic (exact) mass is 375 g/mol. The van der Waals surface area contributed by atoms with E-state index in [1.165, 1.54) is 0 Å². The van der Waals surface area contributed by atoms with Gasteiger partial charge in [0.2, 0.25) is 5.91 Å². The van der Waals surface area contributed by atoms with E-state index in [0.717, 1.165) is 24.9 Å².